The lowest BCUT2D eigenvalue weighted by molar-refractivity contribution is -0.122. The quantitative estimate of drug-likeness (QED) is 0.862. The minimum absolute atomic E-state index is 0.124. The zero-order valence-electron chi connectivity index (χ0n) is 15.1. The fourth-order valence-corrected chi connectivity index (χ4v) is 3.40. The number of rotatable bonds is 4. The fraction of sp³-hybridized carbons (Fsp3) is 0.400. The molecule has 1 fully saturated rings. The molecule has 1 amide bonds. The summed E-state index contributed by atoms with van der Waals surface area (Å²) in [6, 6.07) is 12.5. The van der Waals surface area contributed by atoms with Gasteiger partial charge in [-0.05, 0) is 50.1 Å². The second-order valence-electron chi connectivity index (χ2n) is 6.73. The van der Waals surface area contributed by atoms with Crippen molar-refractivity contribution in [2.45, 2.75) is 39.9 Å². The van der Waals surface area contributed by atoms with Crippen LogP contribution in [0.25, 0.3) is 0 Å². The van der Waals surface area contributed by atoms with E-state index in [9.17, 15) is 10.1 Å². The number of benzene rings is 1. The number of piperazine rings is 1. The van der Waals surface area contributed by atoms with Crippen LogP contribution in [0.5, 0.6) is 0 Å². The highest BCUT2D eigenvalue weighted by Crippen LogP contribution is 2.23. The van der Waals surface area contributed by atoms with Crippen molar-refractivity contribution in [1.29, 1.82) is 5.26 Å². The first-order valence-corrected chi connectivity index (χ1v) is 8.72. The van der Waals surface area contributed by atoms with Crippen LogP contribution in [-0.4, -0.2) is 34.5 Å². The summed E-state index contributed by atoms with van der Waals surface area (Å²) < 4.78 is 1.95. The summed E-state index contributed by atoms with van der Waals surface area (Å²) in [5.74, 6) is 0.124. The van der Waals surface area contributed by atoms with Crippen LogP contribution in [-0.2, 0) is 17.9 Å². The molecule has 3 rings (SSSR count). The van der Waals surface area contributed by atoms with E-state index in [4.69, 9.17) is 0 Å². The van der Waals surface area contributed by atoms with E-state index in [2.05, 4.69) is 24.0 Å². The van der Waals surface area contributed by atoms with Gasteiger partial charge in [0.25, 0.3) is 0 Å². The summed E-state index contributed by atoms with van der Waals surface area (Å²) in [4.78, 5) is 16.7. The average molecular weight is 336 g/mol. The molecule has 1 aliphatic heterocycles. The SMILES string of the molecule is CCn1cc(CN2CC(=O)N(c3cccc(C)c3)C[C@@H]2C)cc1C#N. The topological polar surface area (TPSA) is 52.3 Å². The molecule has 5 nitrogen and oxygen atoms in total. The number of carbonyl (C=O) groups excluding carboxylic acids is 1. The third kappa shape index (κ3) is 3.59. The van der Waals surface area contributed by atoms with E-state index in [1.165, 1.54) is 0 Å². The lowest BCUT2D eigenvalue weighted by Gasteiger charge is -2.39. The summed E-state index contributed by atoms with van der Waals surface area (Å²) in [7, 11) is 0. The molecular weight excluding hydrogens is 312 g/mol. The number of nitrogens with zero attached hydrogens (tertiary/aromatic N) is 4. The van der Waals surface area contributed by atoms with Crippen molar-refractivity contribution < 1.29 is 4.79 Å². The van der Waals surface area contributed by atoms with Crippen LogP contribution in [0.3, 0.4) is 0 Å². The zero-order chi connectivity index (χ0) is 18.0. The summed E-state index contributed by atoms with van der Waals surface area (Å²) in [5, 5.41) is 9.20. The maximum absolute atomic E-state index is 12.7. The molecule has 0 aliphatic carbocycles. The second-order valence-corrected chi connectivity index (χ2v) is 6.73. The first-order chi connectivity index (χ1) is 12.0. The predicted octanol–water partition coefficient (Wildman–Crippen LogP) is 2.93. The number of nitriles is 1. The molecule has 0 N–H and O–H groups in total. The monoisotopic (exact) mass is 336 g/mol. The Kier molecular flexibility index (Phi) is 4.91. The van der Waals surface area contributed by atoms with Gasteiger partial charge in [0.15, 0.2) is 0 Å². The van der Waals surface area contributed by atoms with Crippen LogP contribution >= 0.6 is 0 Å². The number of aromatic nitrogens is 1. The van der Waals surface area contributed by atoms with Crippen LogP contribution in [0.4, 0.5) is 5.69 Å². The van der Waals surface area contributed by atoms with Crippen molar-refractivity contribution >= 4 is 11.6 Å². The van der Waals surface area contributed by atoms with Crippen molar-refractivity contribution in [1.82, 2.24) is 9.47 Å². The van der Waals surface area contributed by atoms with Gasteiger partial charge >= 0.3 is 0 Å². The molecule has 130 valence electrons. The molecule has 2 aromatic rings. The molecule has 1 atom stereocenters. The number of carbonyl (C=O) groups is 1. The summed E-state index contributed by atoms with van der Waals surface area (Å²) in [6.45, 7) is 8.76. The number of hydrogen-bond donors (Lipinski definition) is 0. The number of hydrogen-bond acceptors (Lipinski definition) is 3. The van der Waals surface area contributed by atoms with Crippen LogP contribution in [0.2, 0.25) is 0 Å². The Morgan fingerprint density at radius 2 is 2.12 bits per heavy atom. The highest BCUT2D eigenvalue weighted by molar-refractivity contribution is 5.95. The van der Waals surface area contributed by atoms with Gasteiger partial charge in [0.1, 0.15) is 11.8 Å². The molecule has 1 aromatic heterocycles. The maximum atomic E-state index is 12.7. The van der Waals surface area contributed by atoms with E-state index in [1.54, 1.807) is 0 Å². The van der Waals surface area contributed by atoms with E-state index < -0.39 is 0 Å². The van der Waals surface area contributed by atoms with Crippen molar-refractivity contribution in [2.75, 3.05) is 18.0 Å². The summed E-state index contributed by atoms with van der Waals surface area (Å²) in [5.41, 5.74) is 3.89. The Labute approximate surface area is 149 Å². The molecule has 0 bridgehead atoms. The minimum atomic E-state index is 0.124. The van der Waals surface area contributed by atoms with Crippen molar-refractivity contribution in [2.24, 2.45) is 0 Å². The van der Waals surface area contributed by atoms with Crippen LogP contribution in [0.15, 0.2) is 36.5 Å². The maximum Gasteiger partial charge on any atom is 0.241 e. The molecular formula is C20H24N4O. The van der Waals surface area contributed by atoms with Crippen LogP contribution in [0.1, 0.15) is 30.7 Å². The van der Waals surface area contributed by atoms with E-state index >= 15 is 0 Å². The summed E-state index contributed by atoms with van der Waals surface area (Å²) in [6.07, 6.45) is 2.02. The van der Waals surface area contributed by atoms with Gasteiger partial charge in [0.05, 0.1) is 6.54 Å². The molecule has 1 saturated heterocycles. The normalized spacial score (nSPS) is 18.4. The van der Waals surface area contributed by atoms with E-state index in [-0.39, 0.29) is 11.9 Å². The van der Waals surface area contributed by atoms with Gasteiger partial charge < -0.3 is 9.47 Å². The van der Waals surface area contributed by atoms with E-state index in [0.29, 0.717) is 25.3 Å². The Hall–Kier alpha value is -2.58. The highest BCUT2D eigenvalue weighted by atomic mass is 16.2. The Balaban J connectivity index is 1.73. The fourth-order valence-electron chi connectivity index (χ4n) is 3.40. The van der Waals surface area contributed by atoms with Gasteiger partial charge in [-0.3, -0.25) is 9.69 Å². The Morgan fingerprint density at radius 1 is 1.32 bits per heavy atom. The van der Waals surface area contributed by atoms with Crippen molar-refractivity contribution in [3.8, 4) is 6.07 Å². The molecule has 0 unspecified atom stereocenters. The Morgan fingerprint density at radius 3 is 2.76 bits per heavy atom. The average Bonchev–Trinajstić information content (AvgIpc) is 3.00. The lowest BCUT2D eigenvalue weighted by atomic mass is 10.1. The second kappa shape index (κ2) is 7.12. The first-order valence-electron chi connectivity index (χ1n) is 8.72. The van der Waals surface area contributed by atoms with Crippen LogP contribution in [0, 0.1) is 18.3 Å². The van der Waals surface area contributed by atoms with E-state index in [0.717, 1.165) is 23.4 Å². The van der Waals surface area contributed by atoms with Gasteiger partial charge in [-0.1, -0.05) is 12.1 Å². The highest BCUT2D eigenvalue weighted by Gasteiger charge is 2.30. The molecule has 1 aromatic carbocycles. The van der Waals surface area contributed by atoms with Gasteiger partial charge in [-0.2, -0.15) is 5.26 Å². The van der Waals surface area contributed by atoms with Gasteiger partial charge in [0, 0.05) is 37.6 Å². The Bertz CT molecular complexity index is 817. The molecule has 5 heteroatoms. The van der Waals surface area contributed by atoms with E-state index in [1.807, 2.05) is 53.8 Å². The number of amides is 1. The number of anilines is 1. The van der Waals surface area contributed by atoms with Gasteiger partial charge in [-0.25, -0.2) is 0 Å². The van der Waals surface area contributed by atoms with Crippen molar-refractivity contribution in [3.63, 3.8) is 0 Å². The van der Waals surface area contributed by atoms with Gasteiger partial charge in [0.2, 0.25) is 5.91 Å². The van der Waals surface area contributed by atoms with Gasteiger partial charge in [-0.15, -0.1) is 0 Å². The molecule has 0 saturated carbocycles. The van der Waals surface area contributed by atoms with Crippen molar-refractivity contribution in [3.05, 3.63) is 53.3 Å². The largest absolute Gasteiger partial charge is 0.339 e. The lowest BCUT2D eigenvalue weighted by Crippen LogP contribution is -2.54. The minimum Gasteiger partial charge on any atom is -0.339 e. The standard InChI is InChI=1S/C20H24N4O/c1-4-22-12-17(9-19(22)10-21)13-23-14-20(25)24(11-16(23)3)18-7-5-6-15(2)8-18/h5-9,12,16H,4,11,13-14H2,1-3H3/t16-/m0/s1. The third-order valence-electron chi connectivity index (χ3n) is 4.82. The predicted molar refractivity (Wildman–Crippen MR) is 98.2 cm³/mol. The molecule has 25 heavy (non-hydrogen) atoms. The molecule has 0 radical (unpaired) electrons. The zero-order valence-corrected chi connectivity index (χ0v) is 15.1. The summed E-state index contributed by atoms with van der Waals surface area (Å²) >= 11 is 0. The smallest absolute Gasteiger partial charge is 0.241 e. The first kappa shape index (κ1) is 17.2. The molecule has 2 heterocycles. The number of aryl methyl sites for hydroxylation is 2. The molecule has 0 spiro atoms. The van der Waals surface area contributed by atoms with Crippen LogP contribution < -0.4 is 4.90 Å². The molecule has 1 aliphatic rings. The third-order valence-corrected chi connectivity index (χ3v) is 4.82.